The van der Waals surface area contributed by atoms with Crippen LogP contribution in [-0.2, 0) is 4.79 Å². The van der Waals surface area contributed by atoms with Crippen LogP contribution >= 0.6 is 11.3 Å². The summed E-state index contributed by atoms with van der Waals surface area (Å²) in [5.74, 6) is 0.533. The number of amides is 1. The number of carbonyl (C=O) groups excluding carboxylic acids is 1. The molecule has 0 spiro atoms. The third-order valence-electron chi connectivity index (χ3n) is 4.22. The number of ether oxygens (including phenoxy) is 1. The third kappa shape index (κ3) is 4.29. The number of carbonyl (C=O) groups is 1. The molecule has 0 bridgehead atoms. The van der Waals surface area contributed by atoms with Gasteiger partial charge < -0.3 is 4.74 Å². The first kappa shape index (κ1) is 18.1. The van der Waals surface area contributed by atoms with Crippen molar-refractivity contribution in [3.63, 3.8) is 0 Å². The van der Waals surface area contributed by atoms with Crippen molar-refractivity contribution in [2.24, 2.45) is 0 Å². The van der Waals surface area contributed by atoms with Crippen LogP contribution in [0.3, 0.4) is 0 Å². The van der Waals surface area contributed by atoms with Crippen molar-refractivity contribution in [2.75, 3.05) is 11.9 Å². The van der Waals surface area contributed by atoms with Crippen LogP contribution < -0.4 is 10.1 Å². The van der Waals surface area contributed by atoms with Gasteiger partial charge in [0.05, 0.1) is 5.69 Å². The van der Waals surface area contributed by atoms with Crippen molar-refractivity contribution >= 4 is 22.4 Å². The van der Waals surface area contributed by atoms with E-state index in [1.165, 1.54) is 16.9 Å². The number of thiazole rings is 1. The van der Waals surface area contributed by atoms with Crippen LogP contribution in [0.4, 0.5) is 5.13 Å². The smallest absolute Gasteiger partial charge is 0.264 e. The second kappa shape index (κ2) is 7.70. The molecule has 1 aromatic heterocycles. The Labute approximate surface area is 157 Å². The second-order valence-corrected chi connectivity index (χ2v) is 7.30. The predicted octanol–water partition coefficient (Wildman–Crippen LogP) is 5.06. The lowest BCUT2D eigenvalue weighted by atomic mass is 10.1. The molecular weight excluding hydrogens is 344 g/mol. The summed E-state index contributed by atoms with van der Waals surface area (Å²) in [6, 6.07) is 12.2. The number of benzene rings is 2. The van der Waals surface area contributed by atoms with E-state index in [-0.39, 0.29) is 12.5 Å². The van der Waals surface area contributed by atoms with Crippen LogP contribution in [0.15, 0.2) is 41.8 Å². The Morgan fingerprint density at radius 3 is 2.54 bits per heavy atom. The van der Waals surface area contributed by atoms with Crippen LogP contribution in [0.5, 0.6) is 5.75 Å². The Kier molecular flexibility index (Phi) is 5.38. The first-order valence-electron chi connectivity index (χ1n) is 8.45. The number of nitrogens with zero attached hydrogens (tertiary/aromatic N) is 1. The normalized spacial score (nSPS) is 10.6. The maximum atomic E-state index is 12.2. The van der Waals surface area contributed by atoms with Gasteiger partial charge in [-0.1, -0.05) is 35.9 Å². The van der Waals surface area contributed by atoms with E-state index in [0.717, 1.165) is 33.7 Å². The number of aryl methyl sites for hydroxylation is 3. The second-order valence-electron chi connectivity index (χ2n) is 6.45. The lowest BCUT2D eigenvalue weighted by Crippen LogP contribution is -2.20. The maximum absolute atomic E-state index is 12.2. The number of hydrogen-bond acceptors (Lipinski definition) is 4. The van der Waals surface area contributed by atoms with Crippen molar-refractivity contribution in [3.05, 3.63) is 64.0 Å². The average Bonchev–Trinajstić information content (AvgIpc) is 3.06. The monoisotopic (exact) mass is 366 g/mol. The van der Waals surface area contributed by atoms with Gasteiger partial charge in [-0.05, 0) is 50.5 Å². The van der Waals surface area contributed by atoms with Gasteiger partial charge in [0.1, 0.15) is 5.75 Å². The summed E-state index contributed by atoms with van der Waals surface area (Å²) in [7, 11) is 0. The highest BCUT2D eigenvalue weighted by Crippen LogP contribution is 2.26. The highest BCUT2D eigenvalue weighted by molar-refractivity contribution is 7.14. The number of nitrogens with one attached hydrogen (secondary N) is 1. The zero-order valence-corrected chi connectivity index (χ0v) is 16.2. The van der Waals surface area contributed by atoms with Gasteiger partial charge in [0.15, 0.2) is 11.7 Å². The summed E-state index contributed by atoms with van der Waals surface area (Å²) in [6.45, 7) is 8.06. The van der Waals surface area contributed by atoms with Crippen molar-refractivity contribution in [1.82, 2.24) is 4.98 Å². The van der Waals surface area contributed by atoms with Gasteiger partial charge in [0.2, 0.25) is 0 Å². The van der Waals surface area contributed by atoms with Crippen LogP contribution in [0.2, 0.25) is 0 Å². The summed E-state index contributed by atoms with van der Waals surface area (Å²) in [5, 5.41) is 5.32. The topological polar surface area (TPSA) is 51.2 Å². The highest BCUT2D eigenvalue weighted by Gasteiger charge is 2.10. The Hall–Kier alpha value is -2.66. The molecule has 2 aromatic carbocycles. The quantitative estimate of drug-likeness (QED) is 0.686. The molecule has 5 heteroatoms. The summed E-state index contributed by atoms with van der Waals surface area (Å²) < 4.78 is 5.70. The predicted molar refractivity (Wildman–Crippen MR) is 107 cm³/mol. The summed E-state index contributed by atoms with van der Waals surface area (Å²) in [6.07, 6.45) is 0. The van der Waals surface area contributed by atoms with E-state index < -0.39 is 0 Å². The zero-order chi connectivity index (χ0) is 18.7. The van der Waals surface area contributed by atoms with Gasteiger partial charge in [0.25, 0.3) is 5.91 Å². The van der Waals surface area contributed by atoms with Gasteiger partial charge in [-0.3, -0.25) is 10.1 Å². The highest BCUT2D eigenvalue weighted by atomic mass is 32.1. The minimum atomic E-state index is -0.214. The first-order valence-corrected chi connectivity index (χ1v) is 9.33. The fraction of sp³-hybridized carbons (Fsp3) is 0.238. The third-order valence-corrected chi connectivity index (χ3v) is 4.98. The standard InChI is InChI=1S/C21H22N2O2S/c1-13-5-7-17(8-6-13)18-12-26-21(22-18)23-20(24)11-25-19-10-14(2)9-15(3)16(19)4/h5-10,12H,11H2,1-4H3,(H,22,23,24). The van der Waals surface area contributed by atoms with Crippen molar-refractivity contribution in [1.29, 1.82) is 0 Å². The van der Waals surface area contributed by atoms with Crippen LogP contribution in [0, 0.1) is 27.7 Å². The van der Waals surface area contributed by atoms with Crippen molar-refractivity contribution < 1.29 is 9.53 Å². The lowest BCUT2D eigenvalue weighted by Gasteiger charge is -2.11. The SMILES string of the molecule is Cc1ccc(-c2csc(NC(=O)COc3cc(C)cc(C)c3C)n2)cc1. The van der Waals surface area contributed by atoms with E-state index >= 15 is 0 Å². The number of hydrogen-bond donors (Lipinski definition) is 1. The van der Waals surface area contributed by atoms with E-state index in [1.54, 1.807) is 0 Å². The van der Waals surface area contributed by atoms with Crippen molar-refractivity contribution in [2.45, 2.75) is 27.7 Å². The molecule has 0 aliphatic carbocycles. The molecule has 0 fully saturated rings. The molecule has 4 nitrogen and oxygen atoms in total. The zero-order valence-electron chi connectivity index (χ0n) is 15.4. The molecule has 3 rings (SSSR count). The largest absolute Gasteiger partial charge is 0.483 e. The van der Waals surface area contributed by atoms with E-state index in [9.17, 15) is 4.79 Å². The minimum Gasteiger partial charge on any atom is -0.483 e. The van der Waals surface area contributed by atoms with Crippen molar-refractivity contribution in [3.8, 4) is 17.0 Å². The maximum Gasteiger partial charge on any atom is 0.264 e. The Bertz CT molecular complexity index is 930. The van der Waals surface area contributed by atoms with Gasteiger partial charge >= 0.3 is 0 Å². The molecule has 1 N–H and O–H groups in total. The molecule has 0 saturated heterocycles. The molecule has 0 radical (unpaired) electrons. The van der Waals surface area contributed by atoms with E-state index in [4.69, 9.17) is 4.74 Å². The summed E-state index contributed by atoms with van der Waals surface area (Å²) in [5.41, 5.74) is 6.43. The van der Waals surface area contributed by atoms with Gasteiger partial charge in [0, 0.05) is 10.9 Å². The Balaban J connectivity index is 1.61. The fourth-order valence-corrected chi connectivity index (χ4v) is 3.37. The number of aromatic nitrogens is 1. The first-order chi connectivity index (χ1) is 12.4. The molecule has 3 aromatic rings. The molecule has 0 saturated carbocycles. The van der Waals surface area contributed by atoms with Crippen LogP contribution in [-0.4, -0.2) is 17.5 Å². The molecule has 1 amide bonds. The Morgan fingerprint density at radius 2 is 1.81 bits per heavy atom. The molecule has 0 aliphatic heterocycles. The molecular formula is C21H22N2O2S. The average molecular weight is 366 g/mol. The molecule has 0 unspecified atom stereocenters. The molecule has 0 atom stereocenters. The number of rotatable bonds is 5. The van der Waals surface area contributed by atoms with E-state index in [0.29, 0.717) is 5.13 Å². The van der Waals surface area contributed by atoms with E-state index in [1.807, 2.05) is 63.4 Å². The molecule has 1 heterocycles. The number of anilines is 1. The van der Waals surface area contributed by atoms with Crippen LogP contribution in [0.25, 0.3) is 11.3 Å². The Morgan fingerprint density at radius 1 is 1.08 bits per heavy atom. The molecule has 26 heavy (non-hydrogen) atoms. The fourth-order valence-electron chi connectivity index (χ4n) is 2.64. The van der Waals surface area contributed by atoms with Gasteiger partial charge in [-0.25, -0.2) is 4.98 Å². The molecule has 134 valence electrons. The van der Waals surface area contributed by atoms with Gasteiger partial charge in [-0.2, -0.15) is 0 Å². The minimum absolute atomic E-state index is 0.0385. The van der Waals surface area contributed by atoms with Crippen LogP contribution in [0.1, 0.15) is 22.3 Å². The van der Waals surface area contributed by atoms with Gasteiger partial charge in [-0.15, -0.1) is 11.3 Å². The van der Waals surface area contributed by atoms with E-state index in [2.05, 4.69) is 16.4 Å². The molecule has 0 aliphatic rings. The summed E-state index contributed by atoms with van der Waals surface area (Å²) >= 11 is 1.41. The lowest BCUT2D eigenvalue weighted by molar-refractivity contribution is -0.118. The summed E-state index contributed by atoms with van der Waals surface area (Å²) in [4.78, 5) is 16.7.